The fraction of sp³-hybridized carbons (Fsp3) is 0.323. The highest BCUT2D eigenvalue weighted by Gasteiger charge is 2.36. The standard InChI is InChI=1S/C31H34N2O2/c1-22(2)31(21-32,25-15-16-28(34-4)29(20-25)35-5)17-10-18-33(3)30-26-13-8-6-11-23(26)19-24-12-7-9-14-27(24)30/h6-9,11-16,19-20,22H,10,17-18H2,1-5H3. The molecule has 0 aliphatic carbocycles. The van der Waals surface area contributed by atoms with Gasteiger partial charge in [-0.1, -0.05) is 68.4 Å². The number of nitrogens with zero attached hydrogens (tertiary/aromatic N) is 2. The topological polar surface area (TPSA) is 45.5 Å². The fourth-order valence-electron chi connectivity index (χ4n) is 5.24. The van der Waals surface area contributed by atoms with Crippen LogP contribution in [0.3, 0.4) is 0 Å². The third-order valence-corrected chi connectivity index (χ3v) is 7.27. The van der Waals surface area contributed by atoms with Crippen molar-refractivity contribution < 1.29 is 9.47 Å². The van der Waals surface area contributed by atoms with Crippen molar-refractivity contribution in [2.24, 2.45) is 5.92 Å². The van der Waals surface area contributed by atoms with Crippen molar-refractivity contribution in [2.75, 3.05) is 32.7 Å². The number of ether oxygens (including phenoxy) is 2. The minimum absolute atomic E-state index is 0.147. The summed E-state index contributed by atoms with van der Waals surface area (Å²) in [6.07, 6.45) is 1.64. The number of benzene rings is 4. The van der Waals surface area contributed by atoms with E-state index in [4.69, 9.17) is 9.47 Å². The van der Waals surface area contributed by atoms with Gasteiger partial charge in [-0.15, -0.1) is 0 Å². The van der Waals surface area contributed by atoms with Crippen molar-refractivity contribution in [3.8, 4) is 17.6 Å². The van der Waals surface area contributed by atoms with Gasteiger partial charge in [0.15, 0.2) is 11.5 Å². The Morgan fingerprint density at radius 1 is 0.857 bits per heavy atom. The van der Waals surface area contributed by atoms with E-state index in [0.717, 1.165) is 24.9 Å². The lowest BCUT2D eigenvalue weighted by Gasteiger charge is -2.33. The third kappa shape index (κ3) is 4.51. The average molecular weight is 467 g/mol. The van der Waals surface area contributed by atoms with Gasteiger partial charge in [0.25, 0.3) is 0 Å². The van der Waals surface area contributed by atoms with Crippen LogP contribution in [0, 0.1) is 17.2 Å². The van der Waals surface area contributed by atoms with Crippen LogP contribution in [0.2, 0.25) is 0 Å². The van der Waals surface area contributed by atoms with Crippen molar-refractivity contribution in [2.45, 2.75) is 32.1 Å². The molecule has 0 aromatic heterocycles. The van der Waals surface area contributed by atoms with E-state index in [1.165, 1.54) is 27.2 Å². The van der Waals surface area contributed by atoms with Gasteiger partial charge in [0.2, 0.25) is 0 Å². The molecular formula is C31H34N2O2. The summed E-state index contributed by atoms with van der Waals surface area (Å²) < 4.78 is 11.0. The second-order valence-corrected chi connectivity index (χ2v) is 9.50. The van der Waals surface area contributed by atoms with Crippen molar-refractivity contribution in [3.05, 3.63) is 78.4 Å². The molecule has 4 aromatic rings. The van der Waals surface area contributed by atoms with Crippen molar-refractivity contribution in [1.82, 2.24) is 0 Å². The lowest BCUT2D eigenvalue weighted by Crippen LogP contribution is -2.32. The van der Waals surface area contributed by atoms with E-state index in [-0.39, 0.29) is 5.92 Å². The Labute approximate surface area is 208 Å². The van der Waals surface area contributed by atoms with Crippen LogP contribution < -0.4 is 14.4 Å². The molecule has 35 heavy (non-hydrogen) atoms. The first-order chi connectivity index (χ1) is 16.9. The second-order valence-electron chi connectivity index (χ2n) is 9.50. The Morgan fingerprint density at radius 3 is 2.00 bits per heavy atom. The Bertz CT molecular complexity index is 1320. The summed E-state index contributed by atoms with van der Waals surface area (Å²) in [5.74, 6) is 1.48. The Hall–Kier alpha value is -3.71. The average Bonchev–Trinajstić information content (AvgIpc) is 2.89. The maximum atomic E-state index is 10.4. The van der Waals surface area contributed by atoms with Crippen LogP contribution >= 0.6 is 0 Å². The van der Waals surface area contributed by atoms with E-state index in [1.54, 1.807) is 14.2 Å². The molecular weight excluding hydrogens is 432 g/mol. The zero-order chi connectivity index (χ0) is 25.0. The minimum atomic E-state index is -0.610. The summed E-state index contributed by atoms with van der Waals surface area (Å²) >= 11 is 0. The molecule has 0 saturated heterocycles. The Morgan fingerprint density at radius 2 is 1.46 bits per heavy atom. The summed E-state index contributed by atoms with van der Waals surface area (Å²) in [5.41, 5.74) is 1.61. The molecule has 0 radical (unpaired) electrons. The lowest BCUT2D eigenvalue weighted by molar-refractivity contribution is 0.342. The van der Waals surface area contributed by atoms with Crippen molar-refractivity contribution in [1.29, 1.82) is 5.26 Å². The van der Waals surface area contributed by atoms with Crippen LogP contribution in [0.4, 0.5) is 5.69 Å². The van der Waals surface area contributed by atoms with Crippen LogP contribution in [0.15, 0.2) is 72.8 Å². The van der Waals surface area contributed by atoms with Crippen LogP contribution in [0.5, 0.6) is 11.5 Å². The zero-order valence-electron chi connectivity index (χ0n) is 21.3. The van der Waals surface area contributed by atoms with E-state index in [9.17, 15) is 5.26 Å². The van der Waals surface area contributed by atoms with E-state index < -0.39 is 5.41 Å². The third-order valence-electron chi connectivity index (χ3n) is 7.27. The molecule has 0 amide bonds. The Balaban J connectivity index is 1.64. The van der Waals surface area contributed by atoms with Gasteiger partial charge < -0.3 is 14.4 Å². The molecule has 0 aliphatic rings. The first-order valence-corrected chi connectivity index (χ1v) is 12.2. The number of rotatable bonds is 9. The molecule has 0 saturated carbocycles. The molecule has 1 unspecified atom stereocenters. The molecule has 4 heteroatoms. The van der Waals surface area contributed by atoms with E-state index in [1.807, 2.05) is 18.2 Å². The predicted molar refractivity (Wildman–Crippen MR) is 146 cm³/mol. The van der Waals surface area contributed by atoms with E-state index in [0.29, 0.717) is 11.5 Å². The molecule has 0 fully saturated rings. The maximum Gasteiger partial charge on any atom is 0.161 e. The summed E-state index contributed by atoms with van der Waals surface area (Å²) in [6, 6.07) is 27.9. The summed E-state index contributed by atoms with van der Waals surface area (Å²) in [6.45, 7) is 5.10. The summed E-state index contributed by atoms with van der Waals surface area (Å²) in [4.78, 5) is 2.35. The maximum absolute atomic E-state index is 10.4. The molecule has 1 atom stereocenters. The SMILES string of the molecule is COc1ccc(C(C#N)(CCCN(C)c2c3ccccc3cc3ccccc23)C(C)C)cc1OC. The minimum Gasteiger partial charge on any atom is -0.493 e. The van der Waals surface area contributed by atoms with Crippen LogP contribution in [0.1, 0.15) is 32.3 Å². The molecule has 4 aromatic carbocycles. The molecule has 0 spiro atoms. The monoisotopic (exact) mass is 466 g/mol. The van der Waals surface area contributed by atoms with Gasteiger partial charge in [-0.25, -0.2) is 0 Å². The molecule has 0 bridgehead atoms. The summed E-state index contributed by atoms with van der Waals surface area (Å²) in [5, 5.41) is 15.4. The molecule has 0 heterocycles. The highest BCUT2D eigenvalue weighted by atomic mass is 16.5. The van der Waals surface area contributed by atoms with Crippen LogP contribution in [-0.4, -0.2) is 27.8 Å². The van der Waals surface area contributed by atoms with Gasteiger partial charge in [-0.2, -0.15) is 5.26 Å². The zero-order valence-corrected chi connectivity index (χ0v) is 21.3. The predicted octanol–water partition coefficient (Wildman–Crippen LogP) is 7.34. The van der Waals surface area contributed by atoms with Gasteiger partial charge in [-0.05, 0) is 53.3 Å². The van der Waals surface area contributed by atoms with Crippen molar-refractivity contribution in [3.63, 3.8) is 0 Å². The first-order valence-electron chi connectivity index (χ1n) is 12.2. The number of hydrogen-bond acceptors (Lipinski definition) is 4. The second kappa shape index (κ2) is 10.3. The van der Waals surface area contributed by atoms with Gasteiger partial charge in [0.05, 0.1) is 31.4 Å². The number of nitriles is 1. The van der Waals surface area contributed by atoms with Gasteiger partial charge in [-0.3, -0.25) is 0 Å². The van der Waals surface area contributed by atoms with Gasteiger partial charge in [0, 0.05) is 24.4 Å². The van der Waals surface area contributed by atoms with Crippen LogP contribution in [-0.2, 0) is 5.41 Å². The highest BCUT2D eigenvalue weighted by Crippen LogP contribution is 2.41. The van der Waals surface area contributed by atoms with Crippen LogP contribution in [0.25, 0.3) is 21.5 Å². The largest absolute Gasteiger partial charge is 0.493 e. The number of methoxy groups -OCH3 is 2. The highest BCUT2D eigenvalue weighted by molar-refractivity contribution is 6.11. The van der Waals surface area contributed by atoms with Crippen molar-refractivity contribution >= 4 is 27.2 Å². The molecule has 180 valence electrons. The molecule has 4 rings (SSSR count). The first kappa shape index (κ1) is 24.4. The number of anilines is 1. The Kier molecular flexibility index (Phi) is 7.17. The quantitative estimate of drug-likeness (QED) is 0.242. The van der Waals surface area contributed by atoms with E-state index >= 15 is 0 Å². The van der Waals surface area contributed by atoms with Gasteiger partial charge >= 0.3 is 0 Å². The number of fused-ring (bicyclic) bond motifs is 2. The normalized spacial score (nSPS) is 12.9. The fourth-order valence-corrected chi connectivity index (χ4v) is 5.24. The molecule has 0 N–H and O–H groups in total. The van der Waals surface area contributed by atoms with Gasteiger partial charge in [0.1, 0.15) is 0 Å². The lowest BCUT2D eigenvalue weighted by atomic mass is 9.69. The summed E-state index contributed by atoms with van der Waals surface area (Å²) in [7, 11) is 5.42. The van der Waals surface area contributed by atoms with E-state index in [2.05, 4.69) is 86.5 Å². The molecule has 4 nitrogen and oxygen atoms in total. The number of hydrogen-bond donors (Lipinski definition) is 0. The smallest absolute Gasteiger partial charge is 0.161 e. The molecule has 0 aliphatic heterocycles.